The summed E-state index contributed by atoms with van der Waals surface area (Å²) in [6.45, 7) is 8.09. The molecule has 2 N–H and O–H groups in total. The fourth-order valence-electron chi connectivity index (χ4n) is 2.03. The van der Waals surface area contributed by atoms with E-state index in [1.54, 1.807) is 17.8 Å². The van der Waals surface area contributed by atoms with Gasteiger partial charge >= 0.3 is 0 Å². The van der Waals surface area contributed by atoms with Crippen molar-refractivity contribution >= 4 is 17.7 Å². The van der Waals surface area contributed by atoms with E-state index in [9.17, 15) is 4.39 Å². The van der Waals surface area contributed by atoms with Crippen LogP contribution in [0.25, 0.3) is 0 Å². The number of ether oxygens (including phenoxy) is 1. The lowest BCUT2D eigenvalue weighted by Crippen LogP contribution is -2.38. The van der Waals surface area contributed by atoms with Crippen molar-refractivity contribution in [1.82, 2.24) is 10.6 Å². The molecule has 136 valence electrons. The molecule has 0 heterocycles. The number of thioether (sulfide) groups is 1. The van der Waals surface area contributed by atoms with Crippen molar-refractivity contribution in [3.05, 3.63) is 35.6 Å². The second-order valence-corrected chi connectivity index (χ2v) is 6.34. The summed E-state index contributed by atoms with van der Waals surface area (Å²) in [6, 6.07) is 6.94. The van der Waals surface area contributed by atoms with Crippen LogP contribution in [0.3, 0.4) is 0 Å². The van der Waals surface area contributed by atoms with Crippen LogP contribution >= 0.6 is 11.8 Å². The first-order chi connectivity index (χ1) is 11.8. The summed E-state index contributed by atoms with van der Waals surface area (Å²) in [6.07, 6.45) is 2.06. The summed E-state index contributed by atoms with van der Waals surface area (Å²) in [5.74, 6) is 2.32. The van der Waals surface area contributed by atoms with Crippen LogP contribution in [0.4, 0.5) is 4.39 Å². The van der Waals surface area contributed by atoms with Crippen LogP contribution in [-0.2, 0) is 10.5 Å². The average molecular weight is 356 g/mol. The zero-order chi connectivity index (χ0) is 17.5. The van der Waals surface area contributed by atoms with Crippen molar-refractivity contribution in [3.63, 3.8) is 0 Å². The van der Waals surface area contributed by atoms with E-state index in [4.69, 9.17) is 4.74 Å². The maximum atomic E-state index is 13.5. The number of benzene rings is 1. The molecule has 0 aliphatic heterocycles. The maximum Gasteiger partial charge on any atom is 0.191 e. The Hall–Kier alpha value is -1.27. The summed E-state index contributed by atoms with van der Waals surface area (Å²) < 4.78 is 18.8. The third-order valence-corrected chi connectivity index (χ3v) is 4.28. The number of rotatable bonds is 12. The Kier molecular flexibility index (Phi) is 12.2. The lowest BCUT2D eigenvalue weighted by Gasteiger charge is -2.11. The number of guanidine groups is 1. The molecule has 24 heavy (non-hydrogen) atoms. The Bertz CT molecular complexity index is 471. The molecule has 0 aliphatic carbocycles. The molecule has 0 unspecified atom stereocenters. The van der Waals surface area contributed by atoms with Gasteiger partial charge in [0, 0.05) is 44.4 Å². The van der Waals surface area contributed by atoms with Gasteiger partial charge in [-0.2, -0.15) is 11.8 Å². The van der Waals surface area contributed by atoms with Crippen molar-refractivity contribution < 1.29 is 9.13 Å². The monoisotopic (exact) mass is 355 g/mol. The first-order valence-corrected chi connectivity index (χ1v) is 9.84. The van der Waals surface area contributed by atoms with Crippen molar-refractivity contribution in [2.45, 2.75) is 32.4 Å². The molecular formula is C18H30FN3OS. The molecule has 4 nitrogen and oxygen atoms in total. The summed E-state index contributed by atoms with van der Waals surface area (Å²) in [5.41, 5.74) is 0.761. The van der Waals surface area contributed by atoms with Crippen LogP contribution in [0, 0.1) is 5.82 Å². The van der Waals surface area contributed by atoms with E-state index >= 15 is 0 Å². The van der Waals surface area contributed by atoms with E-state index in [1.807, 2.05) is 19.1 Å². The van der Waals surface area contributed by atoms with E-state index in [2.05, 4.69) is 22.5 Å². The molecule has 0 atom stereocenters. The largest absolute Gasteiger partial charge is 0.382 e. The van der Waals surface area contributed by atoms with Crippen LogP contribution < -0.4 is 10.6 Å². The van der Waals surface area contributed by atoms with Crippen LogP contribution in [-0.4, -0.2) is 44.6 Å². The number of hydrogen-bond acceptors (Lipinski definition) is 3. The fraction of sp³-hybridized carbons (Fsp3) is 0.611. The maximum absolute atomic E-state index is 13.5. The summed E-state index contributed by atoms with van der Waals surface area (Å²) >= 11 is 1.72. The molecule has 0 saturated carbocycles. The molecule has 0 fully saturated rings. The number of nitrogens with one attached hydrogen (secondary N) is 2. The highest BCUT2D eigenvalue weighted by Gasteiger charge is 2.01. The van der Waals surface area contributed by atoms with E-state index in [-0.39, 0.29) is 5.82 Å². The van der Waals surface area contributed by atoms with Crippen LogP contribution in [0.2, 0.25) is 0 Å². The Labute approximate surface area is 149 Å². The van der Waals surface area contributed by atoms with Crippen molar-refractivity contribution in [1.29, 1.82) is 0 Å². The molecular weight excluding hydrogens is 325 g/mol. The van der Waals surface area contributed by atoms with Gasteiger partial charge in [0.05, 0.1) is 0 Å². The predicted molar refractivity (Wildman–Crippen MR) is 102 cm³/mol. The smallest absolute Gasteiger partial charge is 0.191 e. The van der Waals surface area contributed by atoms with Gasteiger partial charge in [-0.25, -0.2) is 4.39 Å². The Balaban J connectivity index is 2.17. The van der Waals surface area contributed by atoms with Crippen molar-refractivity contribution in [2.75, 3.05) is 38.6 Å². The van der Waals surface area contributed by atoms with Crippen LogP contribution in [0.5, 0.6) is 0 Å². The van der Waals surface area contributed by atoms with Gasteiger partial charge in [-0.3, -0.25) is 4.99 Å². The quantitative estimate of drug-likeness (QED) is 0.343. The highest BCUT2D eigenvalue weighted by Crippen LogP contribution is 2.14. The number of aliphatic imine (C=N–C) groups is 1. The topological polar surface area (TPSA) is 45.7 Å². The number of hydrogen-bond donors (Lipinski definition) is 2. The molecule has 0 saturated heterocycles. The summed E-state index contributed by atoms with van der Waals surface area (Å²) in [7, 11) is 0. The Morgan fingerprint density at radius 2 is 2.04 bits per heavy atom. The molecule has 6 heteroatoms. The molecule has 0 spiro atoms. The second kappa shape index (κ2) is 14.1. The minimum Gasteiger partial charge on any atom is -0.382 e. The van der Waals surface area contributed by atoms with E-state index in [0.717, 1.165) is 63.0 Å². The van der Waals surface area contributed by atoms with Gasteiger partial charge in [0.1, 0.15) is 5.82 Å². The number of unbranched alkanes of at least 4 members (excludes halogenated alkanes) is 1. The molecule has 0 radical (unpaired) electrons. The third kappa shape index (κ3) is 9.78. The van der Waals surface area contributed by atoms with Gasteiger partial charge in [0.15, 0.2) is 5.96 Å². The fourth-order valence-corrected chi connectivity index (χ4v) is 2.88. The zero-order valence-electron chi connectivity index (χ0n) is 14.8. The van der Waals surface area contributed by atoms with Crippen molar-refractivity contribution in [3.8, 4) is 0 Å². The molecule has 0 amide bonds. The summed E-state index contributed by atoms with van der Waals surface area (Å²) in [5, 5.41) is 6.56. The number of nitrogens with zero attached hydrogens (tertiary/aromatic N) is 1. The molecule has 0 aliphatic rings. The summed E-state index contributed by atoms with van der Waals surface area (Å²) in [4.78, 5) is 4.55. The van der Waals surface area contributed by atoms with Gasteiger partial charge in [-0.1, -0.05) is 18.2 Å². The first kappa shape index (κ1) is 20.8. The minimum atomic E-state index is -0.125. The normalized spacial score (nSPS) is 11.5. The predicted octanol–water partition coefficient (Wildman–Crippen LogP) is 3.43. The van der Waals surface area contributed by atoms with Gasteiger partial charge < -0.3 is 15.4 Å². The standard InChI is InChI=1S/C18H30FN3OS/c1-3-20-18(21-11-7-8-13-23-4-2)22-12-14-24-15-16-9-5-6-10-17(16)19/h5-6,9-10H,3-4,7-8,11-15H2,1-2H3,(H2,20,21,22). The second-order valence-electron chi connectivity index (χ2n) is 5.24. The Morgan fingerprint density at radius 1 is 1.21 bits per heavy atom. The highest BCUT2D eigenvalue weighted by atomic mass is 32.2. The van der Waals surface area contributed by atoms with Crippen molar-refractivity contribution in [2.24, 2.45) is 4.99 Å². The average Bonchev–Trinajstić information content (AvgIpc) is 2.59. The highest BCUT2D eigenvalue weighted by molar-refractivity contribution is 7.98. The zero-order valence-corrected chi connectivity index (χ0v) is 15.6. The van der Waals surface area contributed by atoms with E-state index in [0.29, 0.717) is 5.75 Å². The van der Waals surface area contributed by atoms with Gasteiger partial charge in [-0.05, 0) is 38.3 Å². The molecule has 1 rings (SSSR count). The molecule has 0 bridgehead atoms. The van der Waals surface area contributed by atoms with Crippen LogP contribution in [0.1, 0.15) is 32.3 Å². The van der Waals surface area contributed by atoms with E-state index < -0.39 is 0 Å². The van der Waals surface area contributed by atoms with Gasteiger partial charge in [0.25, 0.3) is 0 Å². The molecule has 1 aromatic rings. The molecule has 0 aromatic heterocycles. The first-order valence-electron chi connectivity index (χ1n) is 8.69. The van der Waals surface area contributed by atoms with E-state index in [1.165, 1.54) is 6.07 Å². The van der Waals surface area contributed by atoms with Gasteiger partial charge in [-0.15, -0.1) is 0 Å². The lowest BCUT2D eigenvalue weighted by molar-refractivity contribution is 0.144. The lowest BCUT2D eigenvalue weighted by atomic mass is 10.2. The molecule has 1 aromatic carbocycles. The van der Waals surface area contributed by atoms with Crippen LogP contribution in [0.15, 0.2) is 29.3 Å². The Morgan fingerprint density at radius 3 is 2.79 bits per heavy atom. The van der Waals surface area contributed by atoms with Gasteiger partial charge in [0.2, 0.25) is 0 Å². The third-order valence-electron chi connectivity index (χ3n) is 3.27. The number of halogens is 1. The SMILES string of the molecule is CCNC(=NCCCCOCC)NCCSCc1ccccc1F. The minimum absolute atomic E-state index is 0.125.